The van der Waals surface area contributed by atoms with Crippen LogP contribution in [0.15, 0.2) is 18.2 Å². The van der Waals surface area contributed by atoms with Crippen LogP contribution in [0.3, 0.4) is 0 Å². The molecule has 0 atom stereocenters. The largest absolute Gasteiger partial charge is 0.444 e. The first-order chi connectivity index (χ1) is 10.7. The molecule has 1 aromatic rings. The van der Waals surface area contributed by atoms with Crippen LogP contribution in [-0.4, -0.2) is 39.6 Å². The van der Waals surface area contributed by atoms with Gasteiger partial charge in [-0.25, -0.2) is 9.78 Å². The molecular formula is C15H20N4O4. The van der Waals surface area contributed by atoms with Crippen LogP contribution >= 0.6 is 0 Å². The van der Waals surface area contributed by atoms with Crippen molar-refractivity contribution in [3.8, 4) is 0 Å². The van der Waals surface area contributed by atoms with E-state index in [9.17, 15) is 14.9 Å². The molecule has 0 saturated heterocycles. The monoisotopic (exact) mass is 320 g/mol. The van der Waals surface area contributed by atoms with Crippen molar-refractivity contribution in [2.24, 2.45) is 0 Å². The summed E-state index contributed by atoms with van der Waals surface area (Å²) in [4.78, 5) is 27.9. The Morgan fingerprint density at radius 2 is 2.13 bits per heavy atom. The summed E-state index contributed by atoms with van der Waals surface area (Å²) >= 11 is 0. The maximum atomic E-state index is 12.0. The Morgan fingerprint density at radius 1 is 1.43 bits per heavy atom. The normalized spacial score (nSPS) is 15.1. The summed E-state index contributed by atoms with van der Waals surface area (Å²) in [7, 11) is 0. The summed E-state index contributed by atoms with van der Waals surface area (Å²) in [5.74, 6) is -0.108. The van der Waals surface area contributed by atoms with E-state index in [0.717, 1.165) is 5.57 Å². The fourth-order valence-corrected chi connectivity index (χ4v) is 2.19. The zero-order chi connectivity index (χ0) is 17.2. The Morgan fingerprint density at radius 3 is 2.61 bits per heavy atom. The lowest BCUT2D eigenvalue weighted by molar-refractivity contribution is -0.384. The Labute approximate surface area is 134 Å². The van der Waals surface area contributed by atoms with Crippen molar-refractivity contribution in [3.05, 3.63) is 34.0 Å². The van der Waals surface area contributed by atoms with Crippen LogP contribution in [0.2, 0.25) is 0 Å². The molecule has 8 heteroatoms. The molecule has 2 rings (SSSR count). The van der Waals surface area contributed by atoms with E-state index in [1.165, 1.54) is 6.07 Å². The van der Waals surface area contributed by atoms with Gasteiger partial charge >= 0.3 is 11.8 Å². The maximum Gasteiger partial charge on any atom is 0.410 e. The lowest BCUT2D eigenvalue weighted by Crippen LogP contribution is -2.39. The Bertz CT molecular complexity index is 664. The van der Waals surface area contributed by atoms with Crippen molar-refractivity contribution < 1.29 is 14.5 Å². The summed E-state index contributed by atoms with van der Waals surface area (Å²) < 4.78 is 5.33. The van der Waals surface area contributed by atoms with Crippen LogP contribution in [0, 0.1) is 10.1 Å². The van der Waals surface area contributed by atoms with Gasteiger partial charge in [-0.15, -0.1) is 0 Å². The van der Waals surface area contributed by atoms with Crippen LogP contribution in [0.1, 0.15) is 32.9 Å². The number of ether oxygens (including phenoxy) is 1. The summed E-state index contributed by atoms with van der Waals surface area (Å²) in [6.45, 7) is 6.36. The van der Waals surface area contributed by atoms with Crippen LogP contribution in [0.5, 0.6) is 0 Å². The van der Waals surface area contributed by atoms with E-state index < -0.39 is 10.5 Å². The van der Waals surface area contributed by atoms with E-state index in [1.807, 2.05) is 26.8 Å². The second-order valence-corrected chi connectivity index (χ2v) is 6.26. The van der Waals surface area contributed by atoms with Crippen LogP contribution in [0.25, 0.3) is 5.57 Å². The van der Waals surface area contributed by atoms with Crippen molar-refractivity contribution in [1.82, 2.24) is 9.88 Å². The SMILES string of the molecule is CC(C)(C)OC(=O)N1CC=C(c2ccc([N+](=O)[O-])c(N)n2)CC1. The first-order valence-corrected chi connectivity index (χ1v) is 7.25. The summed E-state index contributed by atoms with van der Waals surface area (Å²) in [5, 5.41) is 10.8. The van der Waals surface area contributed by atoms with Crippen molar-refractivity contribution in [1.29, 1.82) is 0 Å². The molecule has 0 fully saturated rings. The molecule has 2 N–H and O–H groups in total. The van der Waals surface area contributed by atoms with E-state index in [1.54, 1.807) is 11.0 Å². The van der Waals surface area contributed by atoms with E-state index in [0.29, 0.717) is 25.2 Å². The number of nitrogens with zero attached hydrogens (tertiary/aromatic N) is 3. The number of hydrogen-bond acceptors (Lipinski definition) is 6. The molecule has 0 spiro atoms. The van der Waals surface area contributed by atoms with Gasteiger partial charge in [-0.3, -0.25) is 10.1 Å². The summed E-state index contributed by atoms with van der Waals surface area (Å²) in [6.07, 6.45) is 2.09. The lowest BCUT2D eigenvalue weighted by Gasteiger charge is -2.29. The highest BCUT2D eigenvalue weighted by atomic mass is 16.6. The lowest BCUT2D eigenvalue weighted by atomic mass is 10.0. The second-order valence-electron chi connectivity index (χ2n) is 6.26. The van der Waals surface area contributed by atoms with Gasteiger partial charge in [0, 0.05) is 19.2 Å². The van der Waals surface area contributed by atoms with Crippen molar-refractivity contribution in [3.63, 3.8) is 0 Å². The number of nitrogens with two attached hydrogens (primary N) is 1. The minimum absolute atomic E-state index is 0.108. The van der Waals surface area contributed by atoms with Crippen LogP contribution in [0.4, 0.5) is 16.3 Å². The number of carbonyl (C=O) groups excluding carboxylic acids is 1. The average Bonchev–Trinajstić information content (AvgIpc) is 2.45. The van der Waals surface area contributed by atoms with Gasteiger partial charge in [0.1, 0.15) is 5.60 Å². The number of nitro groups is 1. The molecule has 0 aliphatic carbocycles. The molecule has 1 amide bonds. The molecule has 1 aliphatic rings. The van der Waals surface area contributed by atoms with Gasteiger partial charge < -0.3 is 15.4 Å². The Balaban J connectivity index is 2.09. The number of rotatable bonds is 2. The quantitative estimate of drug-likeness (QED) is 0.662. The number of anilines is 1. The first-order valence-electron chi connectivity index (χ1n) is 7.25. The van der Waals surface area contributed by atoms with Gasteiger partial charge in [0.2, 0.25) is 5.82 Å². The highest BCUT2D eigenvalue weighted by molar-refractivity contribution is 5.72. The van der Waals surface area contributed by atoms with Crippen molar-refractivity contribution >= 4 is 23.2 Å². The number of carbonyl (C=O) groups is 1. The van der Waals surface area contributed by atoms with E-state index >= 15 is 0 Å². The molecule has 0 saturated carbocycles. The van der Waals surface area contributed by atoms with E-state index in [2.05, 4.69) is 4.98 Å². The number of pyridine rings is 1. The molecule has 8 nitrogen and oxygen atoms in total. The van der Waals surface area contributed by atoms with E-state index in [4.69, 9.17) is 10.5 Å². The van der Waals surface area contributed by atoms with Crippen molar-refractivity contribution in [2.45, 2.75) is 32.8 Å². The third-order valence-electron chi connectivity index (χ3n) is 3.29. The minimum Gasteiger partial charge on any atom is -0.444 e. The Kier molecular flexibility index (Phi) is 4.53. The number of hydrogen-bond donors (Lipinski definition) is 1. The van der Waals surface area contributed by atoms with Gasteiger partial charge in [-0.05, 0) is 38.8 Å². The van der Waals surface area contributed by atoms with E-state index in [-0.39, 0.29) is 17.6 Å². The molecule has 124 valence electrons. The Hall–Kier alpha value is -2.64. The maximum absolute atomic E-state index is 12.0. The van der Waals surface area contributed by atoms with Crippen LogP contribution < -0.4 is 5.73 Å². The highest BCUT2D eigenvalue weighted by Gasteiger charge is 2.24. The van der Waals surface area contributed by atoms with Gasteiger partial charge in [0.25, 0.3) is 0 Å². The minimum atomic E-state index is -0.564. The predicted octanol–water partition coefficient (Wildman–Crippen LogP) is 2.60. The molecule has 0 bridgehead atoms. The third-order valence-corrected chi connectivity index (χ3v) is 3.29. The standard InChI is InChI=1S/C15H20N4O4/c1-15(2,3)23-14(20)18-8-6-10(7-9-18)11-4-5-12(19(21)22)13(16)17-11/h4-6H,7-9H2,1-3H3,(H2,16,17). The average molecular weight is 320 g/mol. The summed E-state index contributed by atoms with van der Waals surface area (Å²) in [5.41, 5.74) is 6.37. The van der Waals surface area contributed by atoms with Gasteiger partial charge in [0.05, 0.1) is 10.6 Å². The predicted molar refractivity (Wildman–Crippen MR) is 85.7 cm³/mol. The second kappa shape index (κ2) is 6.23. The highest BCUT2D eigenvalue weighted by Crippen LogP contribution is 2.26. The van der Waals surface area contributed by atoms with Crippen LogP contribution in [-0.2, 0) is 4.74 Å². The first kappa shape index (κ1) is 16.7. The fraction of sp³-hybridized carbons (Fsp3) is 0.467. The number of amides is 1. The topological polar surface area (TPSA) is 112 Å². The van der Waals surface area contributed by atoms with Gasteiger partial charge in [0.15, 0.2) is 0 Å². The zero-order valence-corrected chi connectivity index (χ0v) is 13.4. The molecule has 0 aromatic carbocycles. The third kappa shape index (κ3) is 4.18. The molecule has 1 aromatic heterocycles. The molecule has 23 heavy (non-hydrogen) atoms. The molecule has 1 aliphatic heterocycles. The van der Waals surface area contributed by atoms with Gasteiger partial charge in [-0.2, -0.15) is 0 Å². The number of aromatic nitrogens is 1. The smallest absolute Gasteiger partial charge is 0.410 e. The molecule has 2 heterocycles. The zero-order valence-electron chi connectivity index (χ0n) is 13.4. The fourth-order valence-electron chi connectivity index (χ4n) is 2.19. The molecular weight excluding hydrogens is 300 g/mol. The molecule has 0 unspecified atom stereocenters. The summed E-state index contributed by atoms with van der Waals surface area (Å²) in [6, 6.07) is 2.92. The number of nitrogen functional groups attached to an aromatic ring is 1. The van der Waals surface area contributed by atoms with Gasteiger partial charge in [-0.1, -0.05) is 6.08 Å². The van der Waals surface area contributed by atoms with Crippen molar-refractivity contribution in [2.75, 3.05) is 18.8 Å². The molecule has 0 radical (unpaired) electrons.